The monoisotopic (exact) mass is 479 g/mol. The van der Waals surface area contributed by atoms with Gasteiger partial charge in [-0.15, -0.1) is 4.40 Å². The zero-order valence-electron chi connectivity index (χ0n) is 17.7. The lowest BCUT2D eigenvalue weighted by Gasteiger charge is -2.16. The Morgan fingerprint density at radius 3 is 2.21 bits per heavy atom. The summed E-state index contributed by atoms with van der Waals surface area (Å²) in [5.41, 5.74) is 2.17. The Morgan fingerprint density at radius 2 is 1.58 bits per heavy atom. The van der Waals surface area contributed by atoms with Crippen molar-refractivity contribution in [2.45, 2.75) is 23.5 Å². The Hall–Kier alpha value is -3.43. The number of carbonyl (C=O) groups excluding carboxylic acids is 2. The zero-order chi connectivity index (χ0) is 23.4. The van der Waals surface area contributed by atoms with Crippen LogP contribution in [0.25, 0.3) is 0 Å². The molecule has 1 unspecified atom stereocenters. The molecule has 0 saturated carbocycles. The fraction of sp³-hybridized carbons (Fsp3) is 0.125. The van der Waals surface area contributed by atoms with E-state index in [-0.39, 0.29) is 22.4 Å². The third-order valence-corrected chi connectivity index (χ3v) is 7.43. The van der Waals surface area contributed by atoms with Gasteiger partial charge in [0.25, 0.3) is 10.0 Å². The van der Waals surface area contributed by atoms with Crippen LogP contribution in [0.2, 0.25) is 0 Å². The van der Waals surface area contributed by atoms with Crippen LogP contribution >= 0.6 is 11.8 Å². The minimum Gasteiger partial charge on any atom is -0.326 e. The van der Waals surface area contributed by atoms with E-state index in [1.807, 2.05) is 19.1 Å². The van der Waals surface area contributed by atoms with Crippen molar-refractivity contribution < 1.29 is 18.0 Å². The SMILES string of the molecule is Cc1ccc(NC(=O)CC2S/C(=N/S(=O)(=O)c3ccccc3)N(c3ccccc3)C2=O)cc1. The van der Waals surface area contributed by atoms with Gasteiger partial charge in [-0.05, 0) is 43.3 Å². The topological polar surface area (TPSA) is 95.9 Å². The average molecular weight is 480 g/mol. The average Bonchev–Trinajstić information content (AvgIpc) is 3.10. The van der Waals surface area contributed by atoms with Gasteiger partial charge in [0, 0.05) is 12.1 Å². The molecule has 2 amide bonds. The van der Waals surface area contributed by atoms with E-state index >= 15 is 0 Å². The third-order valence-electron chi connectivity index (χ3n) is 4.89. The second kappa shape index (κ2) is 9.60. The van der Waals surface area contributed by atoms with Crippen molar-refractivity contribution in [2.24, 2.45) is 4.40 Å². The minimum absolute atomic E-state index is 0.0168. The summed E-state index contributed by atoms with van der Waals surface area (Å²) in [5, 5.41) is 1.99. The molecule has 9 heteroatoms. The number of aryl methyl sites for hydroxylation is 1. The largest absolute Gasteiger partial charge is 0.326 e. The predicted molar refractivity (Wildman–Crippen MR) is 131 cm³/mol. The van der Waals surface area contributed by atoms with Crippen molar-refractivity contribution in [3.8, 4) is 0 Å². The quantitative estimate of drug-likeness (QED) is 0.571. The summed E-state index contributed by atoms with van der Waals surface area (Å²) in [6, 6.07) is 23.8. The Labute approximate surface area is 196 Å². The third kappa shape index (κ3) is 5.32. The second-order valence-corrected chi connectivity index (χ2v) is 10.2. The fourth-order valence-electron chi connectivity index (χ4n) is 3.24. The summed E-state index contributed by atoms with van der Waals surface area (Å²) in [6.45, 7) is 1.95. The molecule has 1 atom stereocenters. The molecule has 1 heterocycles. The van der Waals surface area contributed by atoms with Gasteiger partial charge in [-0.2, -0.15) is 8.42 Å². The molecule has 0 radical (unpaired) electrons. The number of hydrogen-bond donors (Lipinski definition) is 1. The van der Waals surface area contributed by atoms with Gasteiger partial charge >= 0.3 is 0 Å². The van der Waals surface area contributed by atoms with Crippen LogP contribution in [0.15, 0.2) is 94.2 Å². The van der Waals surface area contributed by atoms with Crippen LogP contribution in [0.1, 0.15) is 12.0 Å². The van der Waals surface area contributed by atoms with E-state index in [1.54, 1.807) is 60.7 Å². The van der Waals surface area contributed by atoms with Gasteiger partial charge in [-0.3, -0.25) is 14.5 Å². The van der Waals surface area contributed by atoms with Crippen molar-refractivity contribution in [1.82, 2.24) is 0 Å². The molecule has 1 saturated heterocycles. The van der Waals surface area contributed by atoms with E-state index < -0.39 is 21.2 Å². The molecule has 3 aromatic rings. The summed E-state index contributed by atoms with van der Waals surface area (Å²) in [4.78, 5) is 27.1. The van der Waals surface area contributed by atoms with Crippen LogP contribution in [0.3, 0.4) is 0 Å². The maximum atomic E-state index is 13.2. The summed E-state index contributed by atoms with van der Waals surface area (Å²) in [7, 11) is -4.04. The van der Waals surface area contributed by atoms with Gasteiger partial charge in [0.2, 0.25) is 11.8 Å². The first-order chi connectivity index (χ1) is 15.8. The van der Waals surface area contributed by atoms with E-state index in [1.165, 1.54) is 17.0 Å². The highest BCUT2D eigenvalue weighted by atomic mass is 32.2. The first-order valence-electron chi connectivity index (χ1n) is 10.2. The van der Waals surface area contributed by atoms with E-state index in [0.29, 0.717) is 11.4 Å². The van der Waals surface area contributed by atoms with Crippen molar-refractivity contribution in [3.05, 3.63) is 90.5 Å². The molecule has 0 bridgehead atoms. The van der Waals surface area contributed by atoms with Crippen molar-refractivity contribution in [3.63, 3.8) is 0 Å². The molecule has 1 N–H and O–H groups in total. The number of carbonyl (C=O) groups is 2. The maximum Gasteiger partial charge on any atom is 0.284 e. The lowest BCUT2D eigenvalue weighted by atomic mass is 10.2. The molecule has 4 rings (SSSR count). The highest BCUT2D eigenvalue weighted by Crippen LogP contribution is 2.35. The number of amides is 2. The number of para-hydroxylation sites is 1. The molecule has 0 spiro atoms. The molecule has 1 fully saturated rings. The zero-order valence-corrected chi connectivity index (χ0v) is 19.3. The van der Waals surface area contributed by atoms with Gasteiger partial charge in [0.05, 0.1) is 10.6 Å². The number of amidine groups is 1. The first kappa shape index (κ1) is 22.8. The summed E-state index contributed by atoms with van der Waals surface area (Å²) < 4.78 is 29.7. The Kier molecular flexibility index (Phi) is 6.62. The van der Waals surface area contributed by atoms with E-state index in [0.717, 1.165) is 17.3 Å². The fourth-order valence-corrected chi connectivity index (χ4v) is 5.60. The van der Waals surface area contributed by atoms with Crippen molar-refractivity contribution in [2.75, 3.05) is 10.2 Å². The summed E-state index contributed by atoms with van der Waals surface area (Å²) >= 11 is 0.971. The van der Waals surface area contributed by atoms with E-state index in [9.17, 15) is 18.0 Å². The summed E-state index contributed by atoms with van der Waals surface area (Å²) in [6.07, 6.45) is -0.120. The van der Waals surface area contributed by atoms with Gasteiger partial charge in [0.15, 0.2) is 5.17 Å². The first-order valence-corrected chi connectivity index (χ1v) is 12.5. The molecular formula is C24H21N3O4S2. The normalized spacial score (nSPS) is 17.4. The smallest absolute Gasteiger partial charge is 0.284 e. The summed E-state index contributed by atoms with van der Waals surface area (Å²) in [5.74, 6) is -0.739. The Bertz CT molecular complexity index is 1290. The van der Waals surface area contributed by atoms with Gasteiger partial charge in [-0.25, -0.2) is 0 Å². The molecule has 168 valence electrons. The molecule has 33 heavy (non-hydrogen) atoms. The molecular weight excluding hydrogens is 458 g/mol. The van der Waals surface area contributed by atoms with Gasteiger partial charge < -0.3 is 5.32 Å². The molecule has 0 aromatic heterocycles. The standard InChI is InChI=1S/C24H21N3O4S2/c1-17-12-14-18(15-13-17)25-22(28)16-21-23(29)27(19-8-4-2-5-9-19)24(32-21)26-33(30,31)20-10-6-3-7-11-20/h2-15,21H,16H2,1H3,(H,25,28)/b26-24+. The molecule has 0 aliphatic carbocycles. The minimum atomic E-state index is -4.04. The lowest BCUT2D eigenvalue weighted by molar-refractivity contribution is -0.121. The molecule has 1 aliphatic rings. The van der Waals surface area contributed by atoms with Crippen LogP contribution < -0.4 is 10.2 Å². The Balaban J connectivity index is 1.61. The highest BCUT2D eigenvalue weighted by molar-refractivity contribution is 8.16. The van der Waals surface area contributed by atoms with Crippen LogP contribution in [0.4, 0.5) is 11.4 Å². The lowest BCUT2D eigenvalue weighted by Crippen LogP contribution is -2.33. The number of nitrogens with zero attached hydrogens (tertiary/aromatic N) is 2. The van der Waals surface area contributed by atoms with Crippen LogP contribution in [-0.2, 0) is 19.6 Å². The molecule has 7 nitrogen and oxygen atoms in total. The van der Waals surface area contributed by atoms with Gasteiger partial charge in [0.1, 0.15) is 5.25 Å². The second-order valence-electron chi connectivity index (χ2n) is 7.40. The maximum absolute atomic E-state index is 13.2. The van der Waals surface area contributed by atoms with Crippen LogP contribution in [0.5, 0.6) is 0 Å². The van der Waals surface area contributed by atoms with Crippen molar-refractivity contribution in [1.29, 1.82) is 0 Å². The Morgan fingerprint density at radius 1 is 0.970 bits per heavy atom. The highest BCUT2D eigenvalue weighted by Gasteiger charge is 2.41. The number of thioether (sulfide) groups is 1. The number of rotatable bonds is 6. The van der Waals surface area contributed by atoms with Gasteiger partial charge in [-0.1, -0.05) is 65.9 Å². The van der Waals surface area contributed by atoms with E-state index in [4.69, 9.17) is 0 Å². The number of anilines is 2. The number of sulfonamides is 1. The number of benzene rings is 3. The van der Waals surface area contributed by atoms with Crippen LogP contribution in [-0.4, -0.2) is 30.6 Å². The molecule has 1 aliphatic heterocycles. The van der Waals surface area contributed by atoms with Crippen LogP contribution in [0, 0.1) is 6.92 Å². The number of nitrogens with one attached hydrogen (secondary N) is 1. The molecule has 3 aromatic carbocycles. The number of hydrogen-bond acceptors (Lipinski definition) is 5. The van der Waals surface area contributed by atoms with E-state index in [2.05, 4.69) is 9.71 Å². The van der Waals surface area contributed by atoms with Crippen molar-refractivity contribution >= 4 is 50.1 Å². The predicted octanol–water partition coefficient (Wildman–Crippen LogP) is 4.22.